The van der Waals surface area contributed by atoms with Gasteiger partial charge in [0, 0.05) is 22.7 Å². The molecule has 3 aromatic rings. The van der Waals surface area contributed by atoms with E-state index in [1.807, 2.05) is 6.07 Å². The lowest BCUT2D eigenvalue weighted by atomic mass is 10.0. The highest BCUT2D eigenvalue weighted by atomic mass is 35.5. The highest BCUT2D eigenvalue weighted by Crippen LogP contribution is 2.34. The molecule has 2 aromatic carbocycles. The maximum Gasteiger partial charge on any atom is 0.274 e. The second-order valence-corrected chi connectivity index (χ2v) is 9.08. The molecule has 0 saturated carbocycles. The van der Waals surface area contributed by atoms with Crippen LogP contribution in [0.5, 0.6) is 0 Å². The molecule has 0 fully saturated rings. The van der Waals surface area contributed by atoms with Crippen molar-refractivity contribution < 1.29 is 17.6 Å². The van der Waals surface area contributed by atoms with Crippen LogP contribution in [-0.2, 0) is 10.0 Å². The molecule has 154 valence electrons. The van der Waals surface area contributed by atoms with Crippen molar-refractivity contribution in [3.63, 3.8) is 0 Å². The fraction of sp³-hybridized carbons (Fsp3) is 0.143. The molecule has 0 aliphatic carbocycles. The summed E-state index contributed by atoms with van der Waals surface area (Å²) < 4.78 is 31.1. The topological polar surface area (TPSA) is 92.0 Å². The van der Waals surface area contributed by atoms with Crippen LogP contribution in [0.15, 0.2) is 76.4 Å². The second-order valence-electron chi connectivity index (χ2n) is 6.90. The summed E-state index contributed by atoms with van der Waals surface area (Å²) in [5.74, 6) is 0.300. The van der Waals surface area contributed by atoms with E-state index in [-0.39, 0.29) is 5.91 Å². The van der Waals surface area contributed by atoms with Gasteiger partial charge in [-0.25, -0.2) is 13.4 Å². The minimum absolute atomic E-state index is 0.306. The molecule has 1 amide bonds. The molecular weight excluding hydrogens is 426 g/mol. The quantitative estimate of drug-likeness (QED) is 0.636. The molecule has 9 heteroatoms. The summed E-state index contributed by atoms with van der Waals surface area (Å²) in [6.45, 7) is 0. The van der Waals surface area contributed by atoms with Gasteiger partial charge in [0.2, 0.25) is 10.0 Å². The van der Waals surface area contributed by atoms with E-state index in [4.69, 9.17) is 16.0 Å². The first kappa shape index (κ1) is 20.2. The third kappa shape index (κ3) is 4.39. The van der Waals surface area contributed by atoms with Crippen LogP contribution >= 0.6 is 11.6 Å². The molecule has 30 heavy (non-hydrogen) atoms. The largest absolute Gasteiger partial charge is 0.467 e. The van der Waals surface area contributed by atoms with Crippen molar-refractivity contribution in [1.82, 2.24) is 5.01 Å². The van der Waals surface area contributed by atoms with Crippen LogP contribution in [0.4, 0.5) is 5.69 Å². The van der Waals surface area contributed by atoms with Crippen molar-refractivity contribution in [2.45, 2.75) is 12.5 Å². The predicted octanol–water partition coefficient (Wildman–Crippen LogP) is 4.30. The summed E-state index contributed by atoms with van der Waals surface area (Å²) in [5.41, 5.74) is 2.19. The van der Waals surface area contributed by atoms with Crippen LogP contribution < -0.4 is 4.72 Å². The van der Waals surface area contributed by atoms with Crippen LogP contribution in [0.25, 0.3) is 0 Å². The number of carbonyl (C=O) groups excluding carboxylic acids is 1. The predicted molar refractivity (Wildman–Crippen MR) is 115 cm³/mol. The van der Waals surface area contributed by atoms with Crippen molar-refractivity contribution >= 4 is 38.9 Å². The smallest absolute Gasteiger partial charge is 0.274 e. The molecular formula is C21H18ClN3O4S. The normalized spacial score (nSPS) is 16.4. The number of hydrogen-bond acceptors (Lipinski definition) is 5. The molecule has 0 saturated heterocycles. The molecule has 2 heterocycles. The first-order valence-corrected chi connectivity index (χ1v) is 11.4. The van der Waals surface area contributed by atoms with E-state index >= 15 is 0 Å². The summed E-state index contributed by atoms with van der Waals surface area (Å²) in [5, 5.41) is 6.40. The highest BCUT2D eigenvalue weighted by molar-refractivity contribution is 7.92. The number of sulfonamides is 1. The molecule has 1 aliphatic rings. The Morgan fingerprint density at radius 2 is 1.97 bits per heavy atom. The monoisotopic (exact) mass is 443 g/mol. The zero-order valence-electron chi connectivity index (χ0n) is 15.9. The molecule has 1 unspecified atom stereocenters. The van der Waals surface area contributed by atoms with Crippen molar-refractivity contribution in [3.8, 4) is 0 Å². The molecule has 0 radical (unpaired) electrons. The highest BCUT2D eigenvalue weighted by Gasteiger charge is 2.35. The van der Waals surface area contributed by atoms with Gasteiger partial charge in [-0.2, -0.15) is 5.10 Å². The maximum atomic E-state index is 13.2. The lowest BCUT2D eigenvalue weighted by molar-refractivity contribution is 0.0693. The SMILES string of the molecule is CS(=O)(=O)Nc1cccc(C2=NN(C(=O)c3cccc(Cl)c3)C(c3ccco3)C2)c1. The van der Waals surface area contributed by atoms with E-state index < -0.39 is 16.1 Å². The van der Waals surface area contributed by atoms with Gasteiger partial charge in [-0.15, -0.1) is 0 Å². The number of carbonyl (C=O) groups is 1. The first-order chi connectivity index (χ1) is 14.3. The zero-order chi connectivity index (χ0) is 21.3. The van der Waals surface area contributed by atoms with Crippen molar-refractivity contribution in [1.29, 1.82) is 0 Å². The number of furan rings is 1. The Morgan fingerprint density at radius 3 is 2.67 bits per heavy atom. The number of hydrazone groups is 1. The Kier molecular flexibility index (Phi) is 5.36. The van der Waals surface area contributed by atoms with Crippen LogP contribution in [0.2, 0.25) is 5.02 Å². The van der Waals surface area contributed by atoms with Crippen LogP contribution in [0, 0.1) is 0 Å². The minimum atomic E-state index is -3.41. The number of nitrogens with one attached hydrogen (secondary N) is 1. The summed E-state index contributed by atoms with van der Waals surface area (Å²) in [4.78, 5) is 13.2. The summed E-state index contributed by atoms with van der Waals surface area (Å²) >= 11 is 6.05. The van der Waals surface area contributed by atoms with Gasteiger partial charge < -0.3 is 4.42 Å². The van der Waals surface area contributed by atoms with Gasteiger partial charge in [0.1, 0.15) is 11.8 Å². The van der Waals surface area contributed by atoms with E-state index in [9.17, 15) is 13.2 Å². The van der Waals surface area contributed by atoms with Gasteiger partial charge in [-0.1, -0.05) is 29.8 Å². The first-order valence-electron chi connectivity index (χ1n) is 9.08. The summed E-state index contributed by atoms with van der Waals surface area (Å²) in [7, 11) is -3.41. The number of halogens is 1. The Bertz CT molecular complexity index is 1220. The summed E-state index contributed by atoms with van der Waals surface area (Å²) in [6, 6.07) is 16.7. The lowest BCUT2D eigenvalue weighted by Crippen LogP contribution is -2.26. The van der Waals surface area contributed by atoms with E-state index in [2.05, 4.69) is 9.82 Å². The van der Waals surface area contributed by atoms with E-state index in [1.165, 1.54) is 5.01 Å². The molecule has 7 nitrogen and oxygen atoms in total. The number of nitrogens with zero attached hydrogens (tertiary/aromatic N) is 2. The molecule has 4 rings (SSSR count). The average molecular weight is 444 g/mol. The van der Waals surface area contributed by atoms with Crippen LogP contribution in [0.3, 0.4) is 0 Å². The fourth-order valence-electron chi connectivity index (χ4n) is 3.30. The lowest BCUT2D eigenvalue weighted by Gasteiger charge is -2.20. The number of hydrogen-bond donors (Lipinski definition) is 1. The Hall–Kier alpha value is -3.10. The zero-order valence-corrected chi connectivity index (χ0v) is 17.5. The molecule has 1 aliphatic heterocycles. The maximum absolute atomic E-state index is 13.2. The van der Waals surface area contributed by atoms with Gasteiger partial charge in [0.15, 0.2) is 0 Å². The number of amides is 1. The van der Waals surface area contributed by atoms with Crippen molar-refractivity contribution in [3.05, 3.63) is 88.8 Å². The molecule has 0 bridgehead atoms. The minimum Gasteiger partial charge on any atom is -0.467 e. The standard InChI is InChI=1S/C21H18ClN3O4S/c1-30(27,28)24-17-8-3-5-14(12-17)18-13-19(20-9-4-10-29-20)25(23-18)21(26)15-6-2-7-16(22)11-15/h2-12,19,24H,13H2,1H3. The van der Waals surface area contributed by atoms with Crippen molar-refractivity contribution in [2.24, 2.45) is 5.10 Å². The van der Waals surface area contributed by atoms with Crippen LogP contribution in [-0.4, -0.2) is 31.3 Å². The fourth-order valence-corrected chi connectivity index (χ4v) is 4.05. The average Bonchev–Trinajstić information content (AvgIpc) is 3.36. The molecule has 1 aromatic heterocycles. The number of benzene rings is 2. The van der Waals surface area contributed by atoms with Gasteiger partial charge in [-0.3, -0.25) is 9.52 Å². The van der Waals surface area contributed by atoms with E-state index in [0.717, 1.165) is 6.26 Å². The second kappa shape index (κ2) is 7.97. The van der Waals surface area contributed by atoms with Gasteiger partial charge in [0.05, 0.1) is 18.2 Å². The van der Waals surface area contributed by atoms with Gasteiger partial charge in [0.25, 0.3) is 5.91 Å². The van der Waals surface area contributed by atoms with Crippen molar-refractivity contribution in [2.75, 3.05) is 11.0 Å². The molecule has 1 atom stereocenters. The van der Waals surface area contributed by atoms with Gasteiger partial charge in [-0.05, 0) is 48.0 Å². The van der Waals surface area contributed by atoms with Gasteiger partial charge >= 0.3 is 0 Å². The molecule has 1 N–H and O–H groups in total. The Balaban J connectivity index is 1.70. The third-order valence-electron chi connectivity index (χ3n) is 4.56. The van der Waals surface area contributed by atoms with E-state index in [0.29, 0.717) is 39.7 Å². The third-order valence-corrected chi connectivity index (χ3v) is 5.40. The summed E-state index contributed by atoms with van der Waals surface area (Å²) in [6.07, 6.45) is 3.05. The number of anilines is 1. The molecule has 0 spiro atoms. The number of rotatable bonds is 5. The van der Waals surface area contributed by atoms with E-state index in [1.54, 1.807) is 60.9 Å². The van der Waals surface area contributed by atoms with Crippen LogP contribution in [0.1, 0.15) is 34.1 Å². The Labute approximate surface area is 179 Å². The Morgan fingerprint density at radius 1 is 1.17 bits per heavy atom.